The van der Waals surface area contributed by atoms with Crippen LogP contribution in [-0.4, -0.2) is 5.91 Å². The third-order valence-corrected chi connectivity index (χ3v) is 6.00. The Morgan fingerprint density at radius 3 is 2.42 bits per heavy atom. The van der Waals surface area contributed by atoms with Gasteiger partial charge in [0.25, 0.3) is 0 Å². The fourth-order valence-electron chi connectivity index (χ4n) is 4.25. The van der Waals surface area contributed by atoms with Crippen LogP contribution in [0.4, 0.5) is 0 Å². The Morgan fingerprint density at radius 1 is 0.939 bits per heavy atom. The first-order valence-electron chi connectivity index (χ1n) is 10.6. The van der Waals surface area contributed by atoms with Gasteiger partial charge in [0.2, 0.25) is 11.8 Å². The van der Waals surface area contributed by atoms with Crippen LogP contribution in [-0.2, 0) is 11.2 Å². The van der Waals surface area contributed by atoms with Gasteiger partial charge in [-0.15, -0.1) is 0 Å². The number of rotatable bonds is 4. The summed E-state index contributed by atoms with van der Waals surface area (Å²) in [6, 6.07) is 31.0. The summed E-state index contributed by atoms with van der Waals surface area (Å²) in [5.74, 6) is 0.126. The van der Waals surface area contributed by atoms with Crippen molar-refractivity contribution >= 4 is 28.3 Å². The van der Waals surface area contributed by atoms with Crippen LogP contribution >= 0.6 is 11.6 Å². The minimum absolute atomic E-state index is 0.168. The first-order valence-corrected chi connectivity index (χ1v) is 10.9. The molecule has 4 aromatic carbocycles. The number of nitrogens with one attached hydrogen (secondary N) is 1. The first kappa shape index (κ1) is 20.8. The summed E-state index contributed by atoms with van der Waals surface area (Å²) in [5.41, 5.74) is 3.02. The Hall–Kier alpha value is -4.07. The summed E-state index contributed by atoms with van der Waals surface area (Å²) in [6.45, 7) is 0. The van der Waals surface area contributed by atoms with Crippen molar-refractivity contribution in [2.45, 2.75) is 12.3 Å². The molecule has 4 nitrogen and oxygen atoms in total. The van der Waals surface area contributed by atoms with Gasteiger partial charge in [0, 0.05) is 10.6 Å². The molecule has 0 aromatic heterocycles. The number of fused-ring (bicyclic) bond motifs is 3. The summed E-state index contributed by atoms with van der Waals surface area (Å²) in [6.07, 6.45) is 0.183. The number of carbonyl (C=O) groups is 1. The molecule has 0 fully saturated rings. The predicted molar refractivity (Wildman–Crippen MR) is 129 cm³/mol. The summed E-state index contributed by atoms with van der Waals surface area (Å²) >= 11 is 6.13. The monoisotopic (exact) mass is 450 g/mol. The van der Waals surface area contributed by atoms with Gasteiger partial charge in [-0.2, -0.15) is 5.26 Å². The van der Waals surface area contributed by atoms with Crippen molar-refractivity contribution in [3.63, 3.8) is 0 Å². The van der Waals surface area contributed by atoms with Crippen LogP contribution in [0.25, 0.3) is 10.8 Å². The number of halogens is 1. The van der Waals surface area contributed by atoms with Gasteiger partial charge in [-0.3, -0.25) is 10.1 Å². The molecule has 5 heteroatoms. The lowest BCUT2D eigenvalue weighted by Gasteiger charge is -2.29. The topological polar surface area (TPSA) is 62.1 Å². The lowest BCUT2D eigenvalue weighted by molar-refractivity contribution is -0.120. The van der Waals surface area contributed by atoms with E-state index in [1.807, 2.05) is 78.9 Å². The number of carbonyl (C=O) groups excluding carboxylic acids is 1. The van der Waals surface area contributed by atoms with E-state index in [2.05, 4.69) is 11.4 Å². The number of allylic oxidation sites excluding steroid dienone is 1. The molecule has 0 aliphatic carbocycles. The minimum atomic E-state index is -0.408. The molecule has 0 saturated carbocycles. The zero-order valence-corrected chi connectivity index (χ0v) is 18.3. The van der Waals surface area contributed by atoms with Crippen molar-refractivity contribution in [1.82, 2.24) is 5.32 Å². The Balaban J connectivity index is 1.62. The molecule has 1 heterocycles. The zero-order chi connectivity index (χ0) is 22.8. The molecule has 1 atom stereocenters. The van der Waals surface area contributed by atoms with Crippen LogP contribution in [0.3, 0.4) is 0 Å². The molecule has 1 aliphatic rings. The fraction of sp³-hybridized carbons (Fsp3) is 0.0714. The van der Waals surface area contributed by atoms with Gasteiger partial charge in [-0.25, -0.2) is 0 Å². The molecule has 5 rings (SSSR count). The van der Waals surface area contributed by atoms with E-state index in [0.717, 1.165) is 27.5 Å². The third kappa shape index (κ3) is 4.07. The van der Waals surface area contributed by atoms with E-state index in [4.69, 9.17) is 16.3 Å². The number of hydrogen-bond acceptors (Lipinski definition) is 3. The van der Waals surface area contributed by atoms with Crippen molar-refractivity contribution in [2.75, 3.05) is 0 Å². The van der Waals surface area contributed by atoms with Gasteiger partial charge in [0.1, 0.15) is 17.4 Å². The smallest absolute Gasteiger partial charge is 0.231 e. The van der Waals surface area contributed by atoms with E-state index in [-0.39, 0.29) is 18.2 Å². The molecule has 0 radical (unpaired) electrons. The van der Waals surface area contributed by atoms with E-state index in [0.29, 0.717) is 16.3 Å². The molecule has 0 spiro atoms. The highest BCUT2D eigenvalue weighted by molar-refractivity contribution is 6.30. The SMILES string of the molecule is N#CC1=C(NC(=O)Cc2ccccc2)Oc2ccc3ccccc3c2C1c1ccc(Cl)cc1. The van der Waals surface area contributed by atoms with Gasteiger partial charge in [0.15, 0.2) is 0 Å². The second-order valence-electron chi connectivity index (χ2n) is 7.85. The number of ether oxygens (including phenoxy) is 1. The average molecular weight is 451 g/mol. The largest absolute Gasteiger partial charge is 0.440 e. The summed E-state index contributed by atoms with van der Waals surface area (Å²) in [5, 5.41) is 15.7. The van der Waals surface area contributed by atoms with Crippen LogP contribution in [0.15, 0.2) is 102 Å². The summed E-state index contributed by atoms with van der Waals surface area (Å²) in [7, 11) is 0. The number of benzene rings is 4. The molecule has 1 N–H and O–H groups in total. The van der Waals surface area contributed by atoms with Crippen molar-refractivity contribution in [1.29, 1.82) is 5.26 Å². The molecule has 1 unspecified atom stereocenters. The van der Waals surface area contributed by atoms with Gasteiger partial charge >= 0.3 is 0 Å². The summed E-state index contributed by atoms with van der Waals surface area (Å²) in [4.78, 5) is 12.8. The van der Waals surface area contributed by atoms with Gasteiger partial charge in [-0.05, 0) is 40.1 Å². The van der Waals surface area contributed by atoms with E-state index in [1.165, 1.54) is 0 Å². The molecule has 0 bridgehead atoms. The van der Waals surface area contributed by atoms with E-state index >= 15 is 0 Å². The molecule has 4 aromatic rings. The van der Waals surface area contributed by atoms with Gasteiger partial charge in [0.05, 0.1) is 12.3 Å². The van der Waals surface area contributed by atoms with Crippen LogP contribution in [0.5, 0.6) is 5.75 Å². The highest BCUT2D eigenvalue weighted by atomic mass is 35.5. The Bertz CT molecular complexity index is 1420. The van der Waals surface area contributed by atoms with Crippen LogP contribution in [0.1, 0.15) is 22.6 Å². The molecule has 0 saturated heterocycles. The molecule has 1 amide bonds. The maximum Gasteiger partial charge on any atom is 0.231 e. The van der Waals surface area contributed by atoms with Gasteiger partial charge in [-0.1, -0.05) is 84.4 Å². The average Bonchev–Trinajstić information content (AvgIpc) is 2.84. The highest BCUT2D eigenvalue weighted by Gasteiger charge is 2.33. The number of nitrogens with zero attached hydrogens (tertiary/aromatic N) is 1. The molecular formula is C28H19ClN2O2. The van der Waals surface area contributed by atoms with E-state index in [9.17, 15) is 10.1 Å². The number of hydrogen-bond donors (Lipinski definition) is 1. The lowest BCUT2D eigenvalue weighted by Crippen LogP contribution is -2.32. The second kappa shape index (κ2) is 8.82. The van der Waals surface area contributed by atoms with E-state index < -0.39 is 5.92 Å². The van der Waals surface area contributed by atoms with Crippen LogP contribution in [0, 0.1) is 11.3 Å². The van der Waals surface area contributed by atoms with Crippen molar-refractivity contribution in [3.8, 4) is 11.8 Å². The molecular weight excluding hydrogens is 432 g/mol. The predicted octanol–water partition coefficient (Wildman–Crippen LogP) is 6.11. The first-order chi connectivity index (χ1) is 16.1. The summed E-state index contributed by atoms with van der Waals surface area (Å²) < 4.78 is 6.13. The normalized spacial score (nSPS) is 14.8. The fourth-order valence-corrected chi connectivity index (χ4v) is 4.38. The van der Waals surface area contributed by atoms with Crippen molar-refractivity contribution in [2.24, 2.45) is 0 Å². The van der Waals surface area contributed by atoms with Crippen LogP contribution in [0.2, 0.25) is 5.02 Å². The standard InChI is InChI=1S/C28H19ClN2O2/c29-21-13-10-20(11-14-21)26-23(17-30)28(31-25(32)16-18-6-2-1-3-7-18)33-24-15-12-19-8-4-5-9-22(19)27(24)26/h1-15,26H,16H2,(H,31,32). The Kier molecular flexibility index (Phi) is 5.56. The van der Waals surface area contributed by atoms with Gasteiger partial charge < -0.3 is 4.74 Å². The van der Waals surface area contributed by atoms with E-state index in [1.54, 1.807) is 12.1 Å². The second-order valence-corrected chi connectivity index (χ2v) is 8.29. The van der Waals surface area contributed by atoms with Crippen LogP contribution < -0.4 is 10.1 Å². The Labute approximate surface area is 196 Å². The number of nitriles is 1. The van der Waals surface area contributed by atoms with Crippen molar-refractivity contribution < 1.29 is 9.53 Å². The molecule has 160 valence electrons. The minimum Gasteiger partial charge on any atom is -0.440 e. The lowest BCUT2D eigenvalue weighted by atomic mass is 9.81. The highest BCUT2D eigenvalue weighted by Crippen LogP contribution is 2.46. The maximum absolute atomic E-state index is 12.8. The molecule has 33 heavy (non-hydrogen) atoms. The Morgan fingerprint density at radius 2 is 1.67 bits per heavy atom. The maximum atomic E-state index is 12.8. The van der Waals surface area contributed by atoms with Crippen molar-refractivity contribution in [3.05, 3.63) is 124 Å². The quantitative estimate of drug-likeness (QED) is 0.408. The third-order valence-electron chi connectivity index (χ3n) is 5.75. The number of amides is 1. The zero-order valence-electron chi connectivity index (χ0n) is 17.6. The molecule has 1 aliphatic heterocycles.